The fraction of sp³-hybridized carbons (Fsp3) is 0.360. The summed E-state index contributed by atoms with van der Waals surface area (Å²) in [6, 6.07) is 5.72. The first-order valence-corrected chi connectivity index (χ1v) is 12.2. The summed E-state index contributed by atoms with van der Waals surface area (Å²) in [7, 11) is 1.76. The van der Waals surface area contributed by atoms with E-state index in [1.165, 1.54) is 6.92 Å². The maximum Gasteiger partial charge on any atom is 0.490 e. The second kappa shape index (κ2) is 11.3. The predicted octanol–water partition coefficient (Wildman–Crippen LogP) is 2.11. The molecular weight excluding hydrogens is 535 g/mol. The highest BCUT2D eigenvalue weighted by atomic mass is 19.4. The maximum atomic E-state index is 12.4. The van der Waals surface area contributed by atoms with Crippen molar-refractivity contribution in [3.05, 3.63) is 46.8 Å². The van der Waals surface area contributed by atoms with Gasteiger partial charge in [-0.15, -0.1) is 0 Å². The van der Waals surface area contributed by atoms with Crippen molar-refractivity contribution in [2.75, 3.05) is 31.1 Å². The number of aromatic nitrogens is 4. The van der Waals surface area contributed by atoms with E-state index in [2.05, 4.69) is 25.3 Å². The smallest absolute Gasteiger partial charge is 0.475 e. The summed E-state index contributed by atoms with van der Waals surface area (Å²) in [6.07, 6.45) is -2.05. The number of carbonyl (C=O) groups is 3. The van der Waals surface area contributed by atoms with Gasteiger partial charge in [0.25, 0.3) is 5.91 Å². The topological polar surface area (TPSA) is 166 Å². The minimum Gasteiger partial charge on any atom is -0.475 e. The lowest BCUT2D eigenvalue weighted by molar-refractivity contribution is -0.192. The van der Waals surface area contributed by atoms with Gasteiger partial charge in [-0.25, -0.2) is 9.78 Å². The quantitative estimate of drug-likeness (QED) is 0.393. The van der Waals surface area contributed by atoms with E-state index in [-0.39, 0.29) is 17.5 Å². The predicted molar refractivity (Wildman–Crippen MR) is 135 cm³/mol. The first kappa shape index (κ1) is 28.5. The Bertz CT molecular complexity index is 1470. The lowest BCUT2D eigenvalue weighted by Gasteiger charge is -2.29. The number of hydrogen-bond acceptors (Lipinski definition) is 9. The number of fused-ring (bicyclic) bond motifs is 3. The van der Waals surface area contributed by atoms with E-state index < -0.39 is 18.1 Å². The number of hydrogen-bond donors (Lipinski definition) is 3. The number of anilines is 1. The number of nitrogens with two attached hydrogens (primary N) is 1. The number of carboxylic acid groups (broad SMARTS) is 1. The number of primary amides is 1. The van der Waals surface area contributed by atoms with Gasteiger partial charge in [0, 0.05) is 50.7 Å². The van der Waals surface area contributed by atoms with Gasteiger partial charge in [0.1, 0.15) is 5.75 Å². The Morgan fingerprint density at radius 1 is 1.15 bits per heavy atom. The highest BCUT2D eigenvalue weighted by Crippen LogP contribution is 2.35. The summed E-state index contributed by atoms with van der Waals surface area (Å²) in [5.74, 6) is -3.01. The van der Waals surface area contributed by atoms with Crippen LogP contribution in [0.4, 0.5) is 18.9 Å². The third-order valence-electron chi connectivity index (χ3n) is 6.36. The van der Waals surface area contributed by atoms with Gasteiger partial charge in [0.15, 0.2) is 11.5 Å². The zero-order chi connectivity index (χ0) is 29.2. The summed E-state index contributed by atoms with van der Waals surface area (Å²) in [4.78, 5) is 44.3. The summed E-state index contributed by atoms with van der Waals surface area (Å²) in [5, 5.41) is 14.7. The molecule has 212 valence electrons. The van der Waals surface area contributed by atoms with E-state index >= 15 is 0 Å². The van der Waals surface area contributed by atoms with Crippen LogP contribution in [0, 0.1) is 0 Å². The third kappa shape index (κ3) is 6.03. The van der Waals surface area contributed by atoms with Gasteiger partial charge in [0.05, 0.1) is 17.0 Å². The first-order valence-electron chi connectivity index (χ1n) is 12.2. The molecule has 1 amide bonds. The number of piperazine rings is 1. The number of aliphatic carboxylic acids is 1. The van der Waals surface area contributed by atoms with Crippen LogP contribution in [0.3, 0.4) is 0 Å². The first-order chi connectivity index (χ1) is 18.9. The molecule has 0 unspecified atom stereocenters. The van der Waals surface area contributed by atoms with Crippen molar-refractivity contribution in [2.45, 2.75) is 25.9 Å². The highest BCUT2D eigenvalue weighted by Gasteiger charge is 2.38. The molecule has 3 heterocycles. The van der Waals surface area contributed by atoms with Gasteiger partial charge < -0.3 is 25.8 Å². The molecule has 1 fully saturated rings. The van der Waals surface area contributed by atoms with Gasteiger partial charge in [-0.1, -0.05) is 0 Å². The van der Waals surface area contributed by atoms with Crippen LogP contribution in [0.2, 0.25) is 0 Å². The van der Waals surface area contributed by atoms with Crippen LogP contribution in [0.15, 0.2) is 24.4 Å². The van der Waals surface area contributed by atoms with Crippen LogP contribution in [0.1, 0.15) is 38.9 Å². The van der Waals surface area contributed by atoms with Gasteiger partial charge in [-0.3, -0.25) is 14.3 Å². The minimum atomic E-state index is -5.08. The van der Waals surface area contributed by atoms with Crippen molar-refractivity contribution in [3.63, 3.8) is 0 Å². The largest absolute Gasteiger partial charge is 0.490 e. The molecule has 2 aliphatic rings. The Labute approximate surface area is 226 Å². The van der Waals surface area contributed by atoms with Crippen molar-refractivity contribution >= 4 is 23.3 Å². The summed E-state index contributed by atoms with van der Waals surface area (Å²) in [5.41, 5.74) is 10.3. The molecule has 0 radical (unpaired) electrons. The number of aryl methyl sites for hydroxylation is 2. The zero-order valence-electron chi connectivity index (χ0n) is 21.6. The summed E-state index contributed by atoms with van der Waals surface area (Å²) < 4.78 is 39.3. The van der Waals surface area contributed by atoms with Crippen molar-refractivity contribution in [3.8, 4) is 23.1 Å². The normalized spacial score (nSPS) is 14.4. The second-order valence-corrected chi connectivity index (χ2v) is 9.07. The number of benzene rings is 1. The van der Waals surface area contributed by atoms with Crippen molar-refractivity contribution < 1.29 is 37.4 Å². The van der Waals surface area contributed by atoms with Crippen molar-refractivity contribution in [1.82, 2.24) is 25.1 Å². The second-order valence-electron chi connectivity index (χ2n) is 9.07. The molecule has 2 aromatic heterocycles. The number of ether oxygens (including phenoxy) is 1. The Morgan fingerprint density at radius 3 is 2.42 bits per heavy atom. The van der Waals surface area contributed by atoms with Crippen molar-refractivity contribution in [1.29, 1.82) is 0 Å². The van der Waals surface area contributed by atoms with E-state index in [1.54, 1.807) is 24.0 Å². The summed E-state index contributed by atoms with van der Waals surface area (Å²) in [6.45, 7) is 5.09. The van der Waals surface area contributed by atoms with E-state index in [1.807, 2.05) is 12.1 Å². The lowest BCUT2D eigenvalue weighted by atomic mass is 9.93. The van der Waals surface area contributed by atoms with Crippen LogP contribution in [-0.4, -0.2) is 74.9 Å². The molecule has 1 aliphatic carbocycles. The van der Waals surface area contributed by atoms with Crippen LogP contribution in [0.5, 0.6) is 11.8 Å². The average Bonchev–Trinajstić information content (AvgIpc) is 3.26. The molecule has 1 saturated heterocycles. The van der Waals surface area contributed by atoms with E-state index in [0.29, 0.717) is 29.8 Å². The summed E-state index contributed by atoms with van der Waals surface area (Å²) >= 11 is 0. The van der Waals surface area contributed by atoms with Crippen LogP contribution < -0.4 is 20.7 Å². The lowest BCUT2D eigenvalue weighted by Crippen LogP contribution is -2.43. The highest BCUT2D eigenvalue weighted by molar-refractivity contribution is 5.98. The fourth-order valence-electron chi connectivity index (χ4n) is 4.49. The maximum absolute atomic E-state index is 12.4. The molecule has 1 aliphatic heterocycles. The number of nitrogens with one attached hydrogen (secondary N) is 1. The Morgan fingerprint density at radius 2 is 1.82 bits per heavy atom. The fourth-order valence-corrected chi connectivity index (χ4v) is 4.49. The SMILES string of the molecule is CC(=O)c1cc(N2CCNCC2)ccc1Oc1ncc2c(n1)-c1c(c(C(N)=O)nn1C)CC2.O=C(O)C(F)(F)F. The van der Waals surface area contributed by atoms with E-state index in [4.69, 9.17) is 20.4 Å². The number of amides is 1. The molecule has 4 N–H and O–H groups in total. The molecule has 15 heteroatoms. The van der Waals surface area contributed by atoms with Crippen molar-refractivity contribution in [2.24, 2.45) is 12.8 Å². The number of nitrogens with zero attached hydrogens (tertiary/aromatic N) is 5. The van der Waals surface area contributed by atoms with Gasteiger partial charge in [0.2, 0.25) is 0 Å². The molecule has 3 aromatic rings. The van der Waals surface area contributed by atoms with E-state index in [0.717, 1.165) is 48.7 Å². The van der Waals surface area contributed by atoms with E-state index in [9.17, 15) is 22.8 Å². The number of carboxylic acids is 1. The standard InChI is InChI=1S/C23H25N7O3.C2HF3O2/c1-13(31)17-11-15(30-9-7-25-8-10-30)4-6-18(17)33-23-26-12-14-3-5-16-20(22(24)32)28-29(2)21(16)19(14)27-23;3-2(4,5)1(6)7/h4,6,11-12,25H,3,5,7-10H2,1-2H3,(H2,24,32);(H,6,7). The van der Waals surface area contributed by atoms with Gasteiger partial charge >= 0.3 is 18.2 Å². The number of halogens is 3. The Kier molecular flexibility index (Phi) is 8.04. The number of carbonyl (C=O) groups excluding carboxylic acids is 2. The monoisotopic (exact) mass is 561 g/mol. The zero-order valence-corrected chi connectivity index (χ0v) is 21.6. The van der Waals surface area contributed by atoms with Crippen LogP contribution in [-0.2, 0) is 24.7 Å². The molecule has 0 bridgehead atoms. The van der Waals surface area contributed by atoms with Gasteiger partial charge in [-0.05, 0) is 43.5 Å². The molecule has 0 spiro atoms. The number of Topliss-reactive ketones (excluding diaryl/α,β-unsaturated/α-hetero) is 1. The van der Waals surface area contributed by atoms with Crippen LogP contribution in [0.25, 0.3) is 11.4 Å². The Balaban J connectivity index is 0.000000470. The molecule has 0 saturated carbocycles. The molecular formula is C25H26F3N7O5. The number of alkyl halides is 3. The Hall–Kier alpha value is -4.53. The number of rotatable bonds is 5. The number of ketones is 1. The molecule has 12 nitrogen and oxygen atoms in total. The molecule has 40 heavy (non-hydrogen) atoms. The third-order valence-corrected chi connectivity index (χ3v) is 6.36. The molecule has 5 rings (SSSR count). The minimum absolute atomic E-state index is 0.0973. The van der Waals surface area contributed by atoms with Gasteiger partial charge in [-0.2, -0.15) is 23.3 Å². The molecule has 1 aromatic carbocycles. The average molecular weight is 562 g/mol. The van der Waals surface area contributed by atoms with Crippen LogP contribution >= 0.6 is 0 Å². The molecule has 0 atom stereocenters.